The van der Waals surface area contributed by atoms with Gasteiger partial charge in [-0.2, -0.15) is 9.57 Å². The van der Waals surface area contributed by atoms with Crippen molar-refractivity contribution in [2.75, 3.05) is 13.1 Å². The Balaban J connectivity index is 1.53. The lowest BCUT2D eigenvalue weighted by Crippen LogP contribution is -2.40. The summed E-state index contributed by atoms with van der Waals surface area (Å²) in [5, 5.41) is 8.78. The summed E-state index contributed by atoms with van der Waals surface area (Å²) in [6.45, 7) is 0.519. The van der Waals surface area contributed by atoms with Gasteiger partial charge in [-0.05, 0) is 54.8 Å². The van der Waals surface area contributed by atoms with Crippen LogP contribution in [0, 0.1) is 23.1 Å². The molecule has 2 aromatic carbocycles. The van der Waals surface area contributed by atoms with Crippen molar-refractivity contribution in [2.24, 2.45) is 5.92 Å². The number of nitriles is 1. The van der Waals surface area contributed by atoms with E-state index in [4.69, 9.17) is 10.00 Å². The molecule has 6 nitrogen and oxygen atoms in total. The van der Waals surface area contributed by atoms with E-state index >= 15 is 0 Å². The standard InChI is InChI=1S/C20H19FN2O4S/c21-18-5-7-19(8-6-18)28(25,26)23-11-9-17(10-12-23)20(24)27-14-16-3-1-15(13-22)2-4-16/h1-8,17H,9-12,14H2. The predicted molar refractivity (Wildman–Crippen MR) is 98.8 cm³/mol. The lowest BCUT2D eigenvalue weighted by atomic mass is 9.98. The van der Waals surface area contributed by atoms with Crippen LogP contribution in [0.5, 0.6) is 0 Å². The van der Waals surface area contributed by atoms with Crippen molar-refractivity contribution >= 4 is 16.0 Å². The van der Waals surface area contributed by atoms with Gasteiger partial charge in [-0.3, -0.25) is 4.79 Å². The summed E-state index contributed by atoms with van der Waals surface area (Å²) in [5.41, 5.74) is 1.31. The van der Waals surface area contributed by atoms with Gasteiger partial charge in [0.05, 0.1) is 22.4 Å². The Hall–Kier alpha value is -2.76. The number of hydrogen-bond acceptors (Lipinski definition) is 5. The van der Waals surface area contributed by atoms with Crippen LogP contribution in [0.2, 0.25) is 0 Å². The summed E-state index contributed by atoms with van der Waals surface area (Å²) in [4.78, 5) is 12.3. The van der Waals surface area contributed by atoms with E-state index in [2.05, 4.69) is 0 Å². The first kappa shape index (κ1) is 20.0. The van der Waals surface area contributed by atoms with Crippen molar-refractivity contribution in [3.63, 3.8) is 0 Å². The van der Waals surface area contributed by atoms with Crippen LogP contribution in [0.3, 0.4) is 0 Å². The molecule has 8 heteroatoms. The number of ether oxygens (including phenoxy) is 1. The highest BCUT2D eigenvalue weighted by molar-refractivity contribution is 7.89. The third-order valence-electron chi connectivity index (χ3n) is 4.70. The molecule has 0 amide bonds. The Morgan fingerprint density at radius 1 is 1.11 bits per heavy atom. The highest BCUT2D eigenvalue weighted by atomic mass is 32.2. The Morgan fingerprint density at radius 3 is 2.29 bits per heavy atom. The van der Waals surface area contributed by atoms with Gasteiger partial charge in [0.1, 0.15) is 12.4 Å². The monoisotopic (exact) mass is 402 g/mol. The summed E-state index contributed by atoms with van der Waals surface area (Å²) in [5.74, 6) is -1.22. The molecule has 0 unspecified atom stereocenters. The summed E-state index contributed by atoms with van der Waals surface area (Å²) < 4.78 is 44.9. The second kappa shape index (κ2) is 8.50. The minimum Gasteiger partial charge on any atom is -0.461 e. The molecule has 0 spiro atoms. The molecule has 0 N–H and O–H groups in total. The fraction of sp³-hybridized carbons (Fsp3) is 0.300. The number of hydrogen-bond donors (Lipinski definition) is 0. The molecule has 0 aliphatic carbocycles. The molecule has 0 aromatic heterocycles. The Labute approximate surface area is 163 Å². The lowest BCUT2D eigenvalue weighted by Gasteiger charge is -2.30. The summed E-state index contributed by atoms with van der Waals surface area (Å²) >= 11 is 0. The molecule has 146 valence electrons. The van der Waals surface area contributed by atoms with Gasteiger partial charge in [-0.1, -0.05) is 12.1 Å². The van der Waals surface area contributed by atoms with E-state index in [1.807, 2.05) is 6.07 Å². The molecule has 0 saturated carbocycles. The quantitative estimate of drug-likeness (QED) is 0.718. The zero-order chi connectivity index (χ0) is 20.1. The molecule has 0 radical (unpaired) electrons. The molecule has 0 bridgehead atoms. The van der Waals surface area contributed by atoms with Crippen molar-refractivity contribution in [1.29, 1.82) is 5.26 Å². The smallest absolute Gasteiger partial charge is 0.309 e. The molecule has 3 rings (SSSR count). The van der Waals surface area contributed by atoms with Crippen LogP contribution in [0.15, 0.2) is 53.4 Å². The van der Waals surface area contributed by atoms with E-state index in [0.29, 0.717) is 18.4 Å². The van der Waals surface area contributed by atoms with Crippen molar-refractivity contribution in [3.8, 4) is 6.07 Å². The van der Waals surface area contributed by atoms with Gasteiger partial charge >= 0.3 is 5.97 Å². The number of esters is 1. The Bertz CT molecular complexity index is 974. The Morgan fingerprint density at radius 2 is 1.71 bits per heavy atom. The maximum absolute atomic E-state index is 13.0. The molecule has 1 aliphatic rings. The second-order valence-corrected chi connectivity index (χ2v) is 8.49. The zero-order valence-corrected chi connectivity index (χ0v) is 15.9. The van der Waals surface area contributed by atoms with Gasteiger partial charge < -0.3 is 4.74 Å². The van der Waals surface area contributed by atoms with Crippen LogP contribution in [-0.4, -0.2) is 31.8 Å². The second-order valence-electron chi connectivity index (χ2n) is 6.55. The maximum atomic E-state index is 13.0. The Kier molecular flexibility index (Phi) is 6.07. The van der Waals surface area contributed by atoms with Gasteiger partial charge in [0.2, 0.25) is 10.0 Å². The first-order valence-corrected chi connectivity index (χ1v) is 10.3. The van der Waals surface area contributed by atoms with Crippen LogP contribution in [0.25, 0.3) is 0 Å². The fourth-order valence-electron chi connectivity index (χ4n) is 3.04. The van der Waals surface area contributed by atoms with Crippen LogP contribution >= 0.6 is 0 Å². The predicted octanol–water partition coefficient (Wildman–Crippen LogP) is 2.84. The van der Waals surface area contributed by atoms with E-state index < -0.39 is 15.8 Å². The van der Waals surface area contributed by atoms with E-state index in [-0.39, 0.29) is 36.5 Å². The van der Waals surface area contributed by atoms with Crippen molar-refractivity contribution < 1.29 is 22.3 Å². The minimum absolute atomic E-state index is 0.0377. The molecule has 2 aromatic rings. The topological polar surface area (TPSA) is 87.5 Å². The maximum Gasteiger partial charge on any atom is 0.309 e. The van der Waals surface area contributed by atoms with Gasteiger partial charge in [0, 0.05) is 13.1 Å². The number of sulfonamides is 1. The highest BCUT2D eigenvalue weighted by Gasteiger charge is 2.32. The molecule has 1 fully saturated rings. The number of benzene rings is 2. The number of halogens is 1. The van der Waals surface area contributed by atoms with Crippen molar-refractivity contribution in [2.45, 2.75) is 24.3 Å². The van der Waals surface area contributed by atoms with E-state index in [1.165, 1.54) is 16.4 Å². The normalized spacial score (nSPS) is 15.7. The van der Waals surface area contributed by atoms with E-state index in [9.17, 15) is 17.6 Å². The van der Waals surface area contributed by atoms with E-state index in [1.54, 1.807) is 24.3 Å². The van der Waals surface area contributed by atoms with Crippen molar-refractivity contribution in [3.05, 3.63) is 65.5 Å². The molecule has 0 atom stereocenters. The van der Waals surface area contributed by atoms with Crippen LogP contribution < -0.4 is 0 Å². The number of carbonyl (C=O) groups is 1. The minimum atomic E-state index is -3.70. The highest BCUT2D eigenvalue weighted by Crippen LogP contribution is 2.25. The number of nitrogens with zero attached hydrogens (tertiary/aromatic N) is 2. The summed E-state index contributed by atoms with van der Waals surface area (Å²) in [6.07, 6.45) is 0.735. The first-order chi connectivity index (χ1) is 13.4. The number of piperidine rings is 1. The third-order valence-corrected chi connectivity index (χ3v) is 6.62. The van der Waals surface area contributed by atoms with Crippen LogP contribution in [0.4, 0.5) is 4.39 Å². The van der Waals surface area contributed by atoms with Gasteiger partial charge in [0.25, 0.3) is 0 Å². The zero-order valence-electron chi connectivity index (χ0n) is 15.0. The van der Waals surface area contributed by atoms with Crippen molar-refractivity contribution in [1.82, 2.24) is 4.31 Å². The summed E-state index contributed by atoms with van der Waals surface area (Å²) in [7, 11) is -3.70. The third kappa shape index (κ3) is 4.55. The SMILES string of the molecule is N#Cc1ccc(COC(=O)C2CCN(S(=O)(=O)c3ccc(F)cc3)CC2)cc1. The molecular formula is C20H19FN2O4S. The largest absolute Gasteiger partial charge is 0.461 e. The average Bonchev–Trinajstić information content (AvgIpc) is 2.73. The van der Waals surface area contributed by atoms with E-state index in [0.717, 1.165) is 17.7 Å². The van der Waals surface area contributed by atoms with Crippen LogP contribution in [-0.2, 0) is 26.2 Å². The number of carbonyl (C=O) groups excluding carboxylic acids is 1. The molecule has 1 aliphatic heterocycles. The molecular weight excluding hydrogens is 383 g/mol. The van der Waals surface area contributed by atoms with Gasteiger partial charge in [-0.15, -0.1) is 0 Å². The molecule has 28 heavy (non-hydrogen) atoms. The summed E-state index contributed by atoms with van der Waals surface area (Å²) in [6, 6.07) is 13.5. The van der Waals surface area contributed by atoms with Gasteiger partial charge in [0.15, 0.2) is 0 Å². The first-order valence-electron chi connectivity index (χ1n) is 8.81. The molecule has 1 heterocycles. The lowest BCUT2D eigenvalue weighted by molar-refractivity contribution is -0.151. The van der Waals surface area contributed by atoms with Crippen LogP contribution in [0.1, 0.15) is 24.0 Å². The van der Waals surface area contributed by atoms with Gasteiger partial charge in [-0.25, -0.2) is 12.8 Å². The molecule has 1 saturated heterocycles. The average molecular weight is 402 g/mol. The fourth-order valence-corrected chi connectivity index (χ4v) is 4.51. The number of rotatable bonds is 5.